The average Bonchev–Trinajstić information content (AvgIpc) is 2.64. The van der Waals surface area contributed by atoms with Crippen molar-refractivity contribution in [2.45, 2.75) is 125 Å². The number of ketones is 3. The van der Waals surface area contributed by atoms with Crippen molar-refractivity contribution >= 4 is 17.3 Å². The third-order valence-electron chi connectivity index (χ3n) is 5.33. The van der Waals surface area contributed by atoms with Crippen molar-refractivity contribution in [1.82, 2.24) is 0 Å². The molecule has 0 spiro atoms. The quantitative estimate of drug-likeness (QED) is 0.199. The smallest absolute Gasteiger partial charge is 0.164 e. The molecule has 0 fully saturated rings. The molecule has 0 atom stereocenters. The second kappa shape index (κ2) is 16.5. The predicted molar refractivity (Wildman–Crippen MR) is 164 cm³/mol. The fraction of sp³-hybridized carbons (Fsp3) is 0.727. The molecule has 0 aromatic heterocycles. The number of hydrogen-bond donors (Lipinski definition) is 3. The molecule has 238 valence electrons. The normalized spacial score (nSPS) is 14.1. The molecule has 0 aliphatic heterocycles. The van der Waals surface area contributed by atoms with Gasteiger partial charge in [-0.05, 0) is 0 Å². The summed E-state index contributed by atoms with van der Waals surface area (Å²) in [5, 5.41) is 28.7. The van der Waals surface area contributed by atoms with E-state index in [0.717, 1.165) is 0 Å². The zero-order valence-corrected chi connectivity index (χ0v) is 30.6. The summed E-state index contributed by atoms with van der Waals surface area (Å²) in [6, 6.07) is 0. The maximum atomic E-state index is 11.5. The predicted octanol–water partition coefficient (Wildman–Crippen LogP) is 9.27. The Hall–Kier alpha value is -1.10. The van der Waals surface area contributed by atoms with Gasteiger partial charge in [0.1, 0.15) is 17.3 Å². The molecule has 40 heavy (non-hydrogen) atoms. The largest absolute Gasteiger partial charge is 0.512 e. The fourth-order valence-corrected chi connectivity index (χ4v) is 1.67. The monoisotopic (exact) mass is 716 g/mol. The minimum atomic E-state index is -0.417. The van der Waals surface area contributed by atoms with Crippen LogP contribution in [0.2, 0.25) is 0 Å². The molecule has 0 aliphatic rings. The Bertz CT molecular complexity index is 801. The van der Waals surface area contributed by atoms with Gasteiger partial charge in [-0.2, -0.15) is 0 Å². The first-order chi connectivity index (χ1) is 16.6. The van der Waals surface area contributed by atoms with E-state index >= 15 is 0 Å². The summed E-state index contributed by atoms with van der Waals surface area (Å²) in [5.74, 6) is 0.312. The number of hydrogen-bond acceptors (Lipinski definition) is 6. The molecule has 0 bridgehead atoms. The summed E-state index contributed by atoms with van der Waals surface area (Å²) in [6.45, 7) is 33.3. The van der Waals surface area contributed by atoms with Crippen LogP contribution in [0.3, 0.4) is 0 Å². The first kappa shape index (κ1) is 45.9. The SMILES string of the molecule is CC(C)(C)C(=O)/C=C(\O)C(C)(C)C.CC(C)(C)C(=O)/C=C(\O)C(C)(C)C.CC(C)(C)C(=O)/C=C(\O)C(C)(C)C.[Dy]. The summed E-state index contributed by atoms with van der Waals surface area (Å²) in [5.41, 5.74) is -2.29. The van der Waals surface area contributed by atoms with E-state index < -0.39 is 16.2 Å². The summed E-state index contributed by atoms with van der Waals surface area (Å²) < 4.78 is 0. The molecule has 0 unspecified atom stereocenters. The van der Waals surface area contributed by atoms with Crippen molar-refractivity contribution in [3.8, 4) is 0 Å². The number of rotatable bonds is 3. The van der Waals surface area contributed by atoms with Crippen LogP contribution < -0.4 is 0 Å². The van der Waals surface area contributed by atoms with Gasteiger partial charge in [0.2, 0.25) is 0 Å². The van der Waals surface area contributed by atoms with Crippen LogP contribution in [0.25, 0.3) is 0 Å². The summed E-state index contributed by atoms with van der Waals surface area (Å²) in [4.78, 5) is 34.5. The number of carbonyl (C=O) groups excluding carboxylic acids is 3. The molecule has 0 heterocycles. The van der Waals surface area contributed by atoms with Crippen LogP contribution in [-0.2, 0) is 14.4 Å². The van der Waals surface area contributed by atoms with E-state index in [4.69, 9.17) is 0 Å². The molecule has 0 saturated carbocycles. The van der Waals surface area contributed by atoms with Crippen LogP contribution in [0.1, 0.15) is 125 Å². The van der Waals surface area contributed by atoms with E-state index in [0.29, 0.717) is 0 Å². The summed E-state index contributed by atoms with van der Waals surface area (Å²) in [6.07, 6.45) is 4.00. The Morgan fingerprint density at radius 2 is 0.475 bits per heavy atom. The van der Waals surface area contributed by atoms with E-state index in [2.05, 4.69) is 0 Å². The molecule has 0 amide bonds. The van der Waals surface area contributed by atoms with Gasteiger partial charge in [-0.25, -0.2) is 0 Å². The summed E-state index contributed by atoms with van der Waals surface area (Å²) >= 11 is 0. The van der Waals surface area contributed by atoms with Crippen LogP contribution in [0.4, 0.5) is 0 Å². The molecule has 7 heteroatoms. The average molecular weight is 715 g/mol. The number of allylic oxidation sites excluding steroid dienone is 6. The Morgan fingerprint density at radius 3 is 0.550 bits per heavy atom. The molecule has 3 N–H and O–H groups in total. The topological polar surface area (TPSA) is 112 Å². The van der Waals surface area contributed by atoms with Crippen molar-refractivity contribution in [3.63, 3.8) is 0 Å². The Balaban J connectivity index is -0.000000240. The third kappa shape index (κ3) is 21.6. The Kier molecular flexibility index (Phi) is 18.9. The van der Waals surface area contributed by atoms with E-state index in [9.17, 15) is 29.7 Å². The molecule has 6 nitrogen and oxygen atoms in total. The van der Waals surface area contributed by atoms with Crippen molar-refractivity contribution in [2.75, 3.05) is 0 Å². The van der Waals surface area contributed by atoms with Crippen LogP contribution in [0.5, 0.6) is 0 Å². The van der Waals surface area contributed by atoms with Gasteiger partial charge in [0.25, 0.3) is 0 Å². The number of aliphatic hydroxyl groups is 3. The molecular formula is C33H60DyO6. The zero-order valence-electron chi connectivity index (χ0n) is 28.6. The Labute approximate surface area is 276 Å². The molecular weight excluding hydrogens is 655 g/mol. The zero-order chi connectivity index (χ0) is 32.6. The number of carbonyl (C=O) groups is 3. The van der Waals surface area contributed by atoms with Gasteiger partial charge in [-0.15, -0.1) is 0 Å². The van der Waals surface area contributed by atoms with Gasteiger partial charge in [0.05, 0.1) is 0 Å². The van der Waals surface area contributed by atoms with Gasteiger partial charge >= 0.3 is 0 Å². The minimum Gasteiger partial charge on any atom is -0.512 e. The summed E-state index contributed by atoms with van der Waals surface area (Å²) in [7, 11) is 0. The van der Waals surface area contributed by atoms with Gasteiger partial charge in [0.15, 0.2) is 17.3 Å². The van der Waals surface area contributed by atoms with Gasteiger partial charge in [-0.3, -0.25) is 14.4 Å². The van der Waals surface area contributed by atoms with Gasteiger partial charge in [0, 0.05) is 88.9 Å². The second-order valence-corrected chi connectivity index (χ2v) is 16.2. The van der Waals surface area contributed by atoms with Crippen molar-refractivity contribution in [1.29, 1.82) is 0 Å². The van der Waals surface area contributed by atoms with Gasteiger partial charge < -0.3 is 15.3 Å². The second-order valence-electron chi connectivity index (χ2n) is 16.2. The van der Waals surface area contributed by atoms with E-state index in [1.807, 2.05) is 125 Å². The molecule has 0 radical (unpaired) electrons. The van der Waals surface area contributed by atoms with Crippen LogP contribution in [0.15, 0.2) is 35.5 Å². The van der Waals surface area contributed by atoms with E-state index in [1.54, 1.807) is 0 Å². The van der Waals surface area contributed by atoms with Gasteiger partial charge in [-0.1, -0.05) is 125 Å². The fourth-order valence-electron chi connectivity index (χ4n) is 1.67. The minimum absolute atomic E-state index is 0. The van der Waals surface area contributed by atoms with Crippen molar-refractivity contribution in [2.24, 2.45) is 32.5 Å². The van der Waals surface area contributed by atoms with Crippen molar-refractivity contribution in [3.05, 3.63) is 35.5 Å². The van der Waals surface area contributed by atoms with Crippen LogP contribution >= 0.6 is 0 Å². The van der Waals surface area contributed by atoms with Crippen molar-refractivity contribution < 1.29 is 67.9 Å². The third-order valence-corrected chi connectivity index (χ3v) is 5.33. The molecule has 0 aliphatic carbocycles. The molecule has 0 aromatic carbocycles. The Morgan fingerprint density at radius 1 is 0.350 bits per heavy atom. The number of aliphatic hydroxyl groups excluding tert-OH is 3. The molecule has 0 aromatic rings. The van der Waals surface area contributed by atoms with Crippen LogP contribution in [0, 0.1) is 70.7 Å². The van der Waals surface area contributed by atoms with E-state index in [1.165, 1.54) is 18.2 Å². The standard InChI is InChI=1S/3C11H20O2.Dy/c3*1-10(2,3)8(12)7-9(13)11(4,5)6;/h3*7,12H,1-6H3;/b3*8-7-;. The maximum Gasteiger partial charge on any atom is 0.164 e. The molecule has 0 rings (SSSR count). The van der Waals surface area contributed by atoms with Crippen LogP contribution in [-0.4, -0.2) is 32.7 Å². The van der Waals surface area contributed by atoms with E-state index in [-0.39, 0.29) is 89.0 Å². The first-order valence-corrected chi connectivity index (χ1v) is 13.5. The molecule has 0 saturated heterocycles. The maximum absolute atomic E-state index is 11.5. The first-order valence-electron chi connectivity index (χ1n) is 13.5.